The van der Waals surface area contributed by atoms with Crippen LogP contribution in [-0.4, -0.2) is 23.1 Å². The summed E-state index contributed by atoms with van der Waals surface area (Å²) < 4.78 is 13.8. The Labute approximate surface area is 170 Å². The molecule has 7 heteroatoms. The van der Waals surface area contributed by atoms with E-state index in [1.165, 1.54) is 0 Å². The van der Waals surface area contributed by atoms with E-state index in [4.69, 9.17) is 15.2 Å². The lowest BCUT2D eigenvalue weighted by Crippen LogP contribution is -2.33. The Bertz CT molecular complexity index is 1130. The molecule has 1 aliphatic heterocycles. The molecule has 28 heavy (non-hydrogen) atoms. The van der Waals surface area contributed by atoms with Crippen molar-refractivity contribution in [2.45, 2.75) is 13.2 Å². The standard InChI is InChI=1S/C21H17BrN4O2/c1-12-18-19(13-6-8-16(27-2)9-7-13)17(11-23)20(24)28-21(18)26(25-12)15-5-3-4-14(22)10-15/h3-10,20H,24H2,1-2H3. The van der Waals surface area contributed by atoms with Gasteiger partial charge in [0.1, 0.15) is 11.8 Å². The molecule has 4 rings (SSSR count). The number of nitrogens with zero attached hydrogens (tertiary/aromatic N) is 3. The molecule has 0 fully saturated rings. The first-order chi connectivity index (χ1) is 13.5. The molecule has 0 saturated heterocycles. The van der Waals surface area contributed by atoms with Gasteiger partial charge in [-0.1, -0.05) is 34.1 Å². The minimum atomic E-state index is -0.878. The van der Waals surface area contributed by atoms with Gasteiger partial charge in [-0.2, -0.15) is 10.4 Å². The molecule has 0 spiro atoms. The van der Waals surface area contributed by atoms with Crippen LogP contribution in [0.5, 0.6) is 11.6 Å². The third-order valence-corrected chi connectivity index (χ3v) is 5.11. The zero-order chi connectivity index (χ0) is 19.8. The normalized spacial score (nSPS) is 15.6. The molecule has 0 amide bonds. The first-order valence-electron chi connectivity index (χ1n) is 8.60. The van der Waals surface area contributed by atoms with Crippen LogP contribution in [0.1, 0.15) is 16.8 Å². The van der Waals surface area contributed by atoms with Crippen molar-refractivity contribution in [3.05, 3.63) is 75.4 Å². The second-order valence-electron chi connectivity index (χ2n) is 6.32. The fraction of sp³-hybridized carbons (Fsp3) is 0.143. The van der Waals surface area contributed by atoms with Crippen LogP contribution < -0.4 is 15.2 Å². The second-order valence-corrected chi connectivity index (χ2v) is 7.24. The van der Waals surface area contributed by atoms with Gasteiger partial charge in [0.05, 0.1) is 29.6 Å². The summed E-state index contributed by atoms with van der Waals surface area (Å²) in [5, 5.41) is 14.4. The van der Waals surface area contributed by atoms with E-state index in [-0.39, 0.29) is 0 Å². The van der Waals surface area contributed by atoms with Crippen LogP contribution in [0.2, 0.25) is 0 Å². The lowest BCUT2D eigenvalue weighted by atomic mass is 9.91. The summed E-state index contributed by atoms with van der Waals surface area (Å²) in [6, 6.07) is 17.5. The fourth-order valence-corrected chi connectivity index (χ4v) is 3.71. The summed E-state index contributed by atoms with van der Waals surface area (Å²) in [6.45, 7) is 1.89. The molecule has 2 heterocycles. The Balaban J connectivity index is 1.96. The number of aryl methyl sites for hydroxylation is 1. The molecule has 3 aromatic rings. The molecule has 1 unspecified atom stereocenters. The third-order valence-electron chi connectivity index (χ3n) is 4.61. The van der Waals surface area contributed by atoms with Crippen LogP contribution in [0.25, 0.3) is 11.3 Å². The Morgan fingerprint density at radius 3 is 2.64 bits per heavy atom. The predicted molar refractivity (Wildman–Crippen MR) is 109 cm³/mol. The Hall–Kier alpha value is -3.08. The highest BCUT2D eigenvalue weighted by Gasteiger charge is 2.33. The van der Waals surface area contributed by atoms with Crippen molar-refractivity contribution in [1.29, 1.82) is 5.26 Å². The van der Waals surface area contributed by atoms with Gasteiger partial charge in [-0.15, -0.1) is 0 Å². The number of hydrogen-bond acceptors (Lipinski definition) is 5. The topological polar surface area (TPSA) is 86.1 Å². The average molecular weight is 437 g/mol. The van der Waals surface area contributed by atoms with Crippen LogP contribution in [0.3, 0.4) is 0 Å². The molecule has 0 saturated carbocycles. The van der Waals surface area contributed by atoms with Gasteiger partial charge in [0.25, 0.3) is 0 Å². The molecular weight excluding hydrogens is 420 g/mol. The number of methoxy groups -OCH3 is 1. The summed E-state index contributed by atoms with van der Waals surface area (Å²) in [4.78, 5) is 0. The van der Waals surface area contributed by atoms with Crippen LogP contribution in [0, 0.1) is 18.3 Å². The van der Waals surface area contributed by atoms with Crippen molar-refractivity contribution in [2.75, 3.05) is 7.11 Å². The Kier molecular flexibility index (Phi) is 4.67. The monoisotopic (exact) mass is 436 g/mol. The lowest BCUT2D eigenvalue weighted by Gasteiger charge is -2.25. The molecule has 140 valence electrons. The van der Waals surface area contributed by atoms with Gasteiger partial charge in [0.2, 0.25) is 5.88 Å². The number of halogens is 1. The van der Waals surface area contributed by atoms with Crippen molar-refractivity contribution in [3.63, 3.8) is 0 Å². The summed E-state index contributed by atoms with van der Waals surface area (Å²) in [6.07, 6.45) is -0.878. The molecule has 2 aromatic carbocycles. The highest BCUT2D eigenvalue weighted by Crippen LogP contribution is 2.42. The summed E-state index contributed by atoms with van der Waals surface area (Å²) in [5.41, 5.74) is 10.5. The van der Waals surface area contributed by atoms with E-state index in [0.717, 1.165) is 38.3 Å². The molecule has 1 aromatic heterocycles. The maximum atomic E-state index is 9.74. The number of ether oxygens (including phenoxy) is 2. The number of rotatable bonds is 3. The highest BCUT2D eigenvalue weighted by molar-refractivity contribution is 9.10. The van der Waals surface area contributed by atoms with Crippen LogP contribution in [0.15, 0.2) is 58.6 Å². The fourth-order valence-electron chi connectivity index (χ4n) is 3.32. The summed E-state index contributed by atoms with van der Waals surface area (Å²) in [7, 11) is 1.61. The molecule has 6 nitrogen and oxygen atoms in total. The molecule has 0 radical (unpaired) electrons. The SMILES string of the molecule is COc1ccc(C2=C(C#N)C(N)Oc3c2c(C)nn3-c2cccc(Br)c2)cc1. The number of aromatic nitrogens is 2. The van der Waals surface area contributed by atoms with Crippen molar-refractivity contribution in [1.82, 2.24) is 9.78 Å². The summed E-state index contributed by atoms with van der Waals surface area (Å²) in [5.74, 6) is 1.26. The van der Waals surface area contributed by atoms with Gasteiger partial charge in [0, 0.05) is 10.0 Å². The lowest BCUT2D eigenvalue weighted by molar-refractivity contribution is 0.228. The van der Waals surface area contributed by atoms with Crippen LogP contribution in [0.4, 0.5) is 0 Å². The quantitative estimate of drug-likeness (QED) is 0.671. The number of nitriles is 1. The molecular formula is C21H17BrN4O2. The van der Waals surface area contributed by atoms with E-state index in [2.05, 4.69) is 27.1 Å². The zero-order valence-corrected chi connectivity index (χ0v) is 16.9. The first-order valence-corrected chi connectivity index (χ1v) is 9.39. The van der Waals surface area contributed by atoms with E-state index in [9.17, 15) is 5.26 Å². The molecule has 0 bridgehead atoms. The molecule has 1 atom stereocenters. The van der Waals surface area contributed by atoms with Crippen molar-refractivity contribution in [3.8, 4) is 23.4 Å². The van der Waals surface area contributed by atoms with Gasteiger partial charge in [-0.05, 0) is 42.8 Å². The van der Waals surface area contributed by atoms with Crippen LogP contribution >= 0.6 is 15.9 Å². The maximum absolute atomic E-state index is 9.74. The zero-order valence-electron chi connectivity index (χ0n) is 15.3. The number of benzene rings is 2. The minimum Gasteiger partial charge on any atom is -0.497 e. The first kappa shape index (κ1) is 18.3. The Morgan fingerprint density at radius 2 is 2.00 bits per heavy atom. The van der Waals surface area contributed by atoms with Gasteiger partial charge >= 0.3 is 0 Å². The molecule has 0 aliphatic carbocycles. The number of nitrogens with two attached hydrogens (primary N) is 1. The van der Waals surface area contributed by atoms with E-state index < -0.39 is 6.23 Å². The van der Waals surface area contributed by atoms with E-state index in [0.29, 0.717) is 11.5 Å². The smallest absolute Gasteiger partial charge is 0.226 e. The van der Waals surface area contributed by atoms with Crippen molar-refractivity contribution >= 4 is 21.5 Å². The predicted octanol–water partition coefficient (Wildman–Crippen LogP) is 3.95. The Morgan fingerprint density at radius 1 is 1.25 bits per heavy atom. The molecule has 1 aliphatic rings. The van der Waals surface area contributed by atoms with Gasteiger partial charge in [-0.25, -0.2) is 4.68 Å². The van der Waals surface area contributed by atoms with Gasteiger partial charge in [0.15, 0.2) is 6.23 Å². The van der Waals surface area contributed by atoms with E-state index in [1.54, 1.807) is 11.8 Å². The van der Waals surface area contributed by atoms with E-state index >= 15 is 0 Å². The molecule has 2 N–H and O–H groups in total. The third kappa shape index (κ3) is 2.97. The second kappa shape index (κ2) is 7.15. The van der Waals surface area contributed by atoms with Crippen LogP contribution in [-0.2, 0) is 0 Å². The number of hydrogen-bond donors (Lipinski definition) is 1. The maximum Gasteiger partial charge on any atom is 0.226 e. The van der Waals surface area contributed by atoms with Crippen molar-refractivity contribution in [2.24, 2.45) is 5.73 Å². The van der Waals surface area contributed by atoms with Crippen molar-refractivity contribution < 1.29 is 9.47 Å². The largest absolute Gasteiger partial charge is 0.497 e. The minimum absolute atomic E-state index is 0.370. The van der Waals surface area contributed by atoms with Gasteiger partial charge < -0.3 is 9.47 Å². The average Bonchev–Trinajstić information content (AvgIpc) is 3.03. The number of fused-ring (bicyclic) bond motifs is 1. The van der Waals surface area contributed by atoms with E-state index in [1.807, 2.05) is 55.5 Å². The van der Waals surface area contributed by atoms with Gasteiger partial charge in [-0.3, -0.25) is 5.73 Å². The highest BCUT2D eigenvalue weighted by atomic mass is 79.9. The summed E-state index contributed by atoms with van der Waals surface area (Å²) >= 11 is 3.49.